The molecule has 0 unspecified atom stereocenters. The van der Waals surface area contributed by atoms with Crippen molar-refractivity contribution in [1.29, 1.82) is 0 Å². The number of nitrogens with zero attached hydrogens (tertiary/aromatic N) is 3. The molecule has 5 heteroatoms. The van der Waals surface area contributed by atoms with Crippen molar-refractivity contribution in [2.45, 2.75) is 45.2 Å². The van der Waals surface area contributed by atoms with Gasteiger partial charge in [0.2, 0.25) is 11.8 Å². The normalized spacial score (nSPS) is 16.7. The molecule has 0 aliphatic heterocycles. The zero-order valence-electron chi connectivity index (χ0n) is 9.72. The van der Waals surface area contributed by atoms with E-state index in [9.17, 15) is 0 Å². The van der Waals surface area contributed by atoms with E-state index in [1.54, 1.807) is 0 Å². The zero-order valence-corrected chi connectivity index (χ0v) is 9.72. The highest BCUT2D eigenvalue weighted by Crippen LogP contribution is 2.25. The average Bonchev–Trinajstić information content (AvgIpc) is 2.63. The Morgan fingerprint density at radius 1 is 1.38 bits per heavy atom. The first-order valence-corrected chi connectivity index (χ1v) is 5.99. The van der Waals surface area contributed by atoms with Crippen molar-refractivity contribution < 1.29 is 9.52 Å². The Morgan fingerprint density at radius 3 is 2.62 bits per heavy atom. The second-order valence-corrected chi connectivity index (χ2v) is 4.22. The van der Waals surface area contributed by atoms with E-state index in [-0.39, 0.29) is 6.61 Å². The summed E-state index contributed by atoms with van der Waals surface area (Å²) in [5.74, 6) is 1.35. The minimum Gasteiger partial charge on any atom is -0.424 e. The van der Waals surface area contributed by atoms with Gasteiger partial charge in [-0.25, -0.2) is 0 Å². The third-order valence-corrected chi connectivity index (χ3v) is 3.13. The fourth-order valence-electron chi connectivity index (χ4n) is 1.94. The van der Waals surface area contributed by atoms with E-state index in [1.165, 1.54) is 19.3 Å². The Morgan fingerprint density at radius 2 is 2.12 bits per heavy atom. The Balaban J connectivity index is 1.93. The molecule has 0 amide bonds. The van der Waals surface area contributed by atoms with Crippen molar-refractivity contribution in [3.63, 3.8) is 0 Å². The number of aromatic nitrogens is 2. The van der Waals surface area contributed by atoms with Crippen molar-refractivity contribution in [3.05, 3.63) is 11.8 Å². The van der Waals surface area contributed by atoms with Gasteiger partial charge in [-0.05, 0) is 12.8 Å². The number of rotatable bonds is 6. The van der Waals surface area contributed by atoms with Crippen molar-refractivity contribution in [2.24, 2.45) is 0 Å². The largest absolute Gasteiger partial charge is 0.424 e. The van der Waals surface area contributed by atoms with Crippen LogP contribution < -0.4 is 0 Å². The van der Waals surface area contributed by atoms with Gasteiger partial charge in [-0.2, -0.15) is 0 Å². The molecule has 1 aliphatic carbocycles. The van der Waals surface area contributed by atoms with E-state index in [0.717, 1.165) is 6.42 Å². The molecule has 2 rings (SSSR count). The lowest BCUT2D eigenvalue weighted by molar-refractivity contribution is 0.0857. The van der Waals surface area contributed by atoms with Crippen LogP contribution in [0.25, 0.3) is 0 Å². The van der Waals surface area contributed by atoms with Crippen molar-refractivity contribution >= 4 is 0 Å². The summed E-state index contributed by atoms with van der Waals surface area (Å²) in [4.78, 5) is 2.23. The van der Waals surface area contributed by atoms with Gasteiger partial charge in [-0.15, -0.1) is 10.2 Å². The molecule has 0 bridgehead atoms. The summed E-state index contributed by atoms with van der Waals surface area (Å²) in [5, 5.41) is 17.0. The molecule has 1 aliphatic rings. The number of hydrogen-bond donors (Lipinski definition) is 1. The maximum atomic E-state index is 9.03. The molecule has 0 aromatic carbocycles. The van der Waals surface area contributed by atoms with Crippen LogP contribution in [0.3, 0.4) is 0 Å². The summed E-state index contributed by atoms with van der Waals surface area (Å²) < 4.78 is 5.48. The van der Waals surface area contributed by atoms with E-state index in [4.69, 9.17) is 9.52 Å². The lowest BCUT2D eigenvalue weighted by atomic mass is 9.91. The smallest absolute Gasteiger partial charge is 0.230 e. The third-order valence-electron chi connectivity index (χ3n) is 3.13. The molecule has 1 fully saturated rings. The van der Waals surface area contributed by atoms with Crippen LogP contribution in [0.15, 0.2) is 4.42 Å². The molecule has 1 heterocycles. The summed E-state index contributed by atoms with van der Waals surface area (Å²) in [6.07, 6.45) is 4.50. The molecule has 0 saturated heterocycles. The highest BCUT2D eigenvalue weighted by molar-refractivity contribution is 4.86. The number of aliphatic hydroxyl groups excluding tert-OH is 1. The first-order chi connectivity index (χ1) is 7.83. The third kappa shape index (κ3) is 2.59. The second-order valence-electron chi connectivity index (χ2n) is 4.22. The quantitative estimate of drug-likeness (QED) is 0.782. The SMILES string of the molecule is CCc1nnc(CN(CCO)C2CCC2)o1. The monoisotopic (exact) mass is 225 g/mol. The van der Waals surface area contributed by atoms with Gasteiger partial charge < -0.3 is 9.52 Å². The summed E-state index contributed by atoms with van der Waals surface area (Å²) in [5.41, 5.74) is 0. The van der Waals surface area contributed by atoms with Crippen LogP contribution >= 0.6 is 0 Å². The molecule has 0 radical (unpaired) electrons. The van der Waals surface area contributed by atoms with Crippen LogP contribution in [0.4, 0.5) is 0 Å². The van der Waals surface area contributed by atoms with Crippen molar-refractivity contribution in [2.75, 3.05) is 13.2 Å². The molecular formula is C11H19N3O2. The molecule has 0 atom stereocenters. The molecule has 90 valence electrons. The molecule has 1 aromatic heterocycles. The molecule has 0 spiro atoms. The topological polar surface area (TPSA) is 62.4 Å². The lowest BCUT2D eigenvalue weighted by Gasteiger charge is -2.36. The number of aryl methyl sites for hydroxylation is 1. The number of hydrogen-bond acceptors (Lipinski definition) is 5. The lowest BCUT2D eigenvalue weighted by Crippen LogP contribution is -2.41. The fraction of sp³-hybridized carbons (Fsp3) is 0.818. The molecule has 16 heavy (non-hydrogen) atoms. The van der Waals surface area contributed by atoms with Gasteiger partial charge >= 0.3 is 0 Å². The van der Waals surface area contributed by atoms with Crippen molar-refractivity contribution in [3.8, 4) is 0 Å². The van der Waals surface area contributed by atoms with Gasteiger partial charge in [0, 0.05) is 19.0 Å². The van der Waals surface area contributed by atoms with Gasteiger partial charge in [-0.3, -0.25) is 4.90 Å². The Bertz CT molecular complexity index is 323. The first kappa shape index (κ1) is 11.5. The second kappa shape index (κ2) is 5.41. The van der Waals surface area contributed by atoms with Crippen LogP contribution in [0.5, 0.6) is 0 Å². The molecule has 5 nitrogen and oxygen atoms in total. The van der Waals surface area contributed by atoms with E-state index in [0.29, 0.717) is 30.9 Å². The Kier molecular flexibility index (Phi) is 3.90. The highest BCUT2D eigenvalue weighted by Gasteiger charge is 2.25. The fourth-order valence-corrected chi connectivity index (χ4v) is 1.94. The maximum Gasteiger partial charge on any atom is 0.230 e. The van der Waals surface area contributed by atoms with Crippen LogP contribution in [0, 0.1) is 0 Å². The van der Waals surface area contributed by atoms with E-state index < -0.39 is 0 Å². The summed E-state index contributed by atoms with van der Waals surface area (Å²) >= 11 is 0. The Labute approximate surface area is 95.5 Å². The van der Waals surface area contributed by atoms with Crippen LogP contribution in [-0.4, -0.2) is 39.4 Å². The van der Waals surface area contributed by atoms with E-state index in [2.05, 4.69) is 15.1 Å². The van der Waals surface area contributed by atoms with Crippen LogP contribution in [0.1, 0.15) is 38.0 Å². The minimum atomic E-state index is 0.186. The molecular weight excluding hydrogens is 206 g/mol. The summed E-state index contributed by atoms with van der Waals surface area (Å²) in [7, 11) is 0. The summed E-state index contributed by atoms with van der Waals surface area (Å²) in [6.45, 7) is 3.53. The first-order valence-electron chi connectivity index (χ1n) is 5.99. The van der Waals surface area contributed by atoms with Crippen molar-refractivity contribution in [1.82, 2.24) is 15.1 Å². The van der Waals surface area contributed by atoms with E-state index >= 15 is 0 Å². The average molecular weight is 225 g/mol. The Hall–Kier alpha value is -0.940. The molecule has 1 saturated carbocycles. The predicted molar refractivity (Wildman–Crippen MR) is 58.8 cm³/mol. The predicted octanol–water partition coefficient (Wildman–Crippen LogP) is 0.979. The maximum absolute atomic E-state index is 9.03. The van der Waals surface area contributed by atoms with Gasteiger partial charge in [-0.1, -0.05) is 13.3 Å². The van der Waals surface area contributed by atoms with Gasteiger partial charge in [0.1, 0.15) is 0 Å². The number of aliphatic hydroxyl groups is 1. The van der Waals surface area contributed by atoms with E-state index in [1.807, 2.05) is 6.92 Å². The van der Waals surface area contributed by atoms with Gasteiger partial charge in [0.25, 0.3) is 0 Å². The zero-order chi connectivity index (χ0) is 11.4. The standard InChI is InChI=1S/C11H19N3O2/c1-2-10-12-13-11(16-10)8-14(6-7-15)9-4-3-5-9/h9,15H,2-8H2,1H3. The molecule has 1 N–H and O–H groups in total. The summed E-state index contributed by atoms with van der Waals surface area (Å²) in [6, 6.07) is 0.587. The van der Waals surface area contributed by atoms with Gasteiger partial charge in [0.15, 0.2) is 0 Å². The van der Waals surface area contributed by atoms with Crippen LogP contribution in [0.2, 0.25) is 0 Å². The minimum absolute atomic E-state index is 0.186. The van der Waals surface area contributed by atoms with Crippen LogP contribution in [-0.2, 0) is 13.0 Å². The molecule has 1 aromatic rings. The van der Waals surface area contributed by atoms with Gasteiger partial charge in [0.05, 0.1) is 13.2 Å². The highest BCUT2D eigenvalue weighted by atomic mass is 16.4.